The zero-order valence-electron chi connectivity index (χ0n) is 10.2. The topological polar surface area (TPSA) is 75.6 Å². The number of aliphatic hydroxyl groups excluding tert-OH is 1. The largest absolute Gasteiger partial charge is 0.467 e. The second-order valence-electron chi connectivity index (χ2n) is 3.71. The summed E-state index contributed by atoms with van der Waals surface area (Å²) in [5.74, 6) is -1.32. The molecular weight excluding hydrogens is 293 g/mol. The van der Waals surface area contributed by atoms with Crippen molar-refractivity contribution < 1.29 is 19.4 Å². The van der Waals surface area contributed by atoms with Crippen LogP contribution in [0.25, 0.3) is 0 Å². The number of aliphatic hydroxyl groups is 1. The summed E-state index contributed by atoms with van der Waals surface area (Å²) < 4.78 is 4.59. The molecule has 7 heteroatoms. The molecule has 1 atom stereocenters. The molecule has 2 N–H and O–H groups in total. The van der Waals surface area contributed by atoms with Gasteiger partial charge in [0.05, 0.1) is 7.11 Å². The molecule has 1 amide bonds. The second-order valence-corrected chi connectivity index (χ2v) is 4.52. The van der Waals surface area contributed by atoms with E-state index in [-0.39, 0.29) is 6.42 Å². The molecule has 0 spiro atoms. The Bertz CT molecular complexity index is 459. The van der Waals surface area contributed by atoms with Crippen LogP contribution in [-0.2, 0) is 20.7 Å². The number of hydrogen-bond acceptors (Lipinski definition) is 4. The molecule has 0 aromatic heterocycles. The maximum absolute atomic E-state index is 11.6. The SMILES string of the molecule is COC(=O)[C@H](Cc1c(Cl)cccc1Cl)NC(=O)CO. The smallest absolute Gasteiger partial charge is 0.328 e. The molecule has 0 saturated heterocycles. The van der Waals surface area contributed by atoms with Gasteiger partial charge < -0.3 is 15.2 Å². The first kappa shape index (κ1) is 15.8. The summed E-state index contributed by atoms with van der Waals surface area (Å²) in [5.41, 5.74) is 0.527. The molecule has 0 saturated carbocycles. The molecule has 0 bridgehead atoms. The molecule has 0 fully saturated rings. The minimum atomic E-state index is -0.956. The first-order valence-electron chi connectivity index (χ1n) is 5.40. The highest BCUT2D eigenvalue weighted by Crippen LogP contribution is 2.25. The summed E-state index contributed by atoms with van der Waals surface area (Å²) in [6.45, 7) is -0.719. The van der Waals surface area contributed by atoms with Crippen LogP contribution in [0, 0.1) is 0 Å². The van der Waals surface area contributed by atoms with Gasteiger partial charge in [-0.15, -0.1) is 0 Å². The molecule has 19 heavy (non-hydrogen) atoms. The zero-order chi connectivity index (χ0) is 14.4. The van der Waals surface area contributed by atoms with E-state index in [4.69, 9.17) is 28.3 Å². The van der Waals surface area contributed by atoms with Crippen molar-refractivity contribution in [1.82, 2.24) is 5.32 Å². The molecule has 0 aliphatic rings. The predicted molar refractivity (Wildman–Crippen MR) is 71.2 cm³/mol. The van der Waals surface area contributed by atoms with Gasteiger partial charge in [0.2, 0.25) is 5.91 Å². The number of ether oxygens (including phenoxy) is 1. The summed E-state index contributed by atoms with van der Waals surface area (Å²) in [4.78, 5) is 22.8. The fourth-order valence-corrected chi connectivity index (χ4v) is 2.06. The van der Waals surface area contributed by atoms with Gasteiger partial charge >= 0.3 is 5.97 Å². The molecule has 1 aromatic carbocycles. The summed E-state index contributed by atoms with van der Waals surface area (Å²) >= 11 is 12.0. The van der Waals surface area contributed by atoms with Crippen LogP contribution in [0.3, 0.4) is 0 Å². The van der Waals surface area contributed by atoms with Crippen LogP contribution >= 0.6 is 23.2 Å². The Labute approximate surface area is 120 Å². The highest BCUT2D eigenvalue weighted by Gasteiger charge is 2.23. The first-order valence-corrected chi connectivity index (χ1v) is 6.16. The lowest BCUT2D eigenvalue weighted by atomic mass is 10.1. The molecule has 0 radical (unpaired) electrons. The van der Waals surface area contributed by atoms with Crippen LogP contribution < -0.4 is 5.32 Å². The van der Waals surface area contributed by atoms with E-state index < -0.39 is 24.5 Å². The van der Waals surface area contributed by atoms with Gasteiger partial charge in [0.1, 0.15) is 12.6 Å². The Balaban J connectivity index is 2.94. The van der Waals surface area contributed by atoms with E-state index in [2.05, 4.69) is 10.1 Å². The van der Waals surface area contributed by atoms with Crippen molar-refractivity contribution in [2.45, 2.75) is 12.5 Å². The minimum absolute atomic E-state index is 0.0803. The fourth-order valence-electron chi connectivity index (χ4n) is 1.51. The Morgan fingerprint density at radius 2 is 1.95 bits per heavy atom. The van der Waals surface area contributed by atoms with Crippen LogP contribution in [-0.4, -0.2) is 36.7 Å². The van der Waals surface area contributed by atoms with Gasteiger partial charge in [0, 0.05) is 16.5 Å². The maximum atomic E-state index is 11.6. The second kappa shape index (κ2) is 7.33. The quantitative estimate of drug-likeness (QED) is 0.801. The number of halogens is 2. The highest BCUT2D eigenvalue weighted by molar-refractivity contribution is 6.36. The number of carbonyl (C=O) groups excluding carboxylic acids is 2. The van der Waals surface area contributed by atoms with Crippen LogP contribution in [0.5, 0.6) is 0 Å². The number of methoxy groups -OCH3 is 1. The fraction of sp³-hybridized carbons (Fsp3) is 0.333. The van der Waals surface area contributed by atoms with E-state index in [1.54, 1.807) is 18.2 Å². The van der Waals surface area contributed by atoms with Gasteiger partial charge in [-0.2, -0.15) is 0 Å². The van der Waals surface area contributed by atoms with E-state index >= 15 is 0 Å². The van der Waals surface area contributed by atoms with E-state index in [0.717, 1.165) is 0 Å². The van der Waals surface area contributed by atoms with Gasteiger partial charge in [0.15, 0.2) is 0 Å². The third-order valence-electron chi connectivity index (χ3n) is 2.43. The molecule has 0 heterocycles. The number of esters is 1. The average Bonchev–Trinajstić information content (AvgIpc) is 2.40. The van der Waals surface area contributed by atoms with Crippen LogP contribution in [0.1, 0.15) is 5.56 Å². The number of hydrogen-bond donors (Lipinski definition) is 2. The lowest BCUT2D eigenvalue weighted by Gasteiger charge is -2.17. The molecular formula is C12H13Cl2NO4. The van der Waals surface area contributed by atoms with E-state index in [9.17, 15) is 9.59 Å². The van der Waals surface area contributed by atoms with Crippen molar-refractivity contribution in [2.75, 3.05) is 13.7 Å². The lowest BCUT2D eigenvalue weighted by molar-refractivity contribution is -0.145. The third-order valence-corrected chi connectivity index (χ3v) is 3.14. The Morgan fingerprint density at radius 3 is 2.42 bits per heavy atom. The standard InChI is InChI=1S/C12H13Cl2NO4/c1-19-12(18)10(15-11(17)6-16)5-7-8(13)3-2-4-9(7)14/h2-4,10,16H,5-6H2,1H3,(H,15,17)/t10-/m0/s1. The van der Waals surface area contributed by atoms with Gasteiger partial charge in [-0.3, -0.25) is 4.79 Å². The van der Waals surface area contributed by atoms with E-state index in [1.165, 1.54) is 7.11 Å². The molecule has 5 nitrogen and oxygen atoms in total. The average molecular weight is 306 g/mol. The summed E-state index contributed by atoms with van der Waals surface area (Å²) in [5, 5.41) is 11.8. The molecule has 0 aliphatic carbocycles. The van der Waals surface area contributed by atoms with Crippen LogP contribution in [0.15, 0.2) is 18.2 Å². The monoisotopic (exact) mass is 305 g/mol. The van der Waals surface area contributed by atoms with Crippen molar-refractivity contribution in [3.63, 3.8) is 0 Å². The zero-order valence-corrected chi connectivity index (χ0v) is 11.7. The summed E-state index contributed by atoms with van der Waals surface area (Å²) in [6, 6.07) is 3.98. The Morgan fingerprint density at radius 1 is 1.37 bits per heavy atom. The maximum Gasteiger partial charge on any atom is 0.328 e. The normalized spacial score (nSPS) is 11.8. The number of carbonyl (C=O) groups is 2. The number of amides is 1. The van der Waals surface area contributed by atoms with E-state index in [1.807, 2.05) is 0 Å². The van der Waals surface area contributed by atoms with Crippen LogP contribution in [0.4, 0.5) is 0 Å². The number of rotatable bonds is 5. The number of benzene rings is 1. The van der Waals surface area contributed by atoms with E-state index in [0.29, 0.717) is 15.6 Å². The van der Waals surface area contributed by atoms with Gasteiger partial charge in [0.25, 0.3) is 0 Å². The van der Waals surface area contributed by atoms with Crippen molar-refractivity contribution in [3.8, 4) is 0 Å². The minimum Gasteiger partial charge on any atom is -0.467 e. The predicted octanol–water partition coefficient (Wildman–Crippen LogP) is 1.19. The van der Waals surface area contributed by atoms with Crippen molar-refractivity contribution in [2.24, 2.45) is 0 Å². The van der Waals surface area contributed by atoms with Crippen molar-refractivity contribution >= 4 is 35.1 Å². The third kappa shape index (κ3) is 4.38. The van der Waals surface area contributed by atoms with Gasteiger partial charge in [-0.1, -0.05) is 29.3 Å². The molecule has 0 aliphatic heterocycles. The Hall–Kier alpha value is -1.30. The Kier molecular flexibility index (Phi) is 6.08. The first-order chi connectivity index (χ1) is 8.99. The van der Waals surface area contributed by atoms with Crippen LogP contribution in [0.2, 0.25) is 10.0 Å². The van der Waals surface area contributed by atoms with Crippen molar-refractivity contribution in [1.29, 1.82) is 0 Å². The lowest BCUT2D eigenvalue weighted by Crippen LogP contribution is -2.44. The molecule has 1 aromatic rings. The van der Waals surface area contributed by atoms with Gasteiger partial charge in [-0.05, 0) is 17.7 Å². The highest BCUT2D eigenvalue weighted by atomic mass is 35.5. The summed E-state index contributed by atoms with van der Waals surface area (Å²) in [6.07, 6.45) is 0.0803. The molecule has 0 unspecified atom stereocenters. The molecule has 104 valence electrons. The van der Waals surface area contributed by atoms with Gasteiger partial charge in [-0.25, -0.2) is 4.79 Å². The summed E-state index contributed by atoms with van der Waals surface area (Å²) in [7, 11) is 1.20. The molecule has 1 rings (SSSR count). The van der Waals surface area contributed by atoms with Crippen molar-refractivity contribution in [3.05, 3.63) is 33.8 Å². The number of nitrogens with one attached hydrogen (secondary N) is 1.